The van der Waals surface area contributed by atoms with Crippen LogP contribution in [0.5, 0.6) is 0 Å². The topological polar surface area (TPSA) is 33.4 Å². The molecule has 3 aromatic rings. The standard InChI is InChI=1S/C17H16O2/c1-11-7-8-13-5-3-4-6-15(13)16(11)17(18)14-9-10-19-12(14)2/h3-10,17-18H,1-2H3. The highest BCUT2D eigenvalue weighted by Crippen LogP contribution is 2.33. The number of furan rings is 1. The molecule has 1 aromatic heterocycles. The van der Waals surface area contributed by atoms with E-state index in [4.69, 9.17) is 4.42 Å². The van der Waals surface area contributed by atoms with E-state index in [1.165, 1.54) is 0 Å². The first-order valence-corrected chi connectivity index (χ1v) is 6.39. The summed E-state index contributed by atoms with van der Waals surface area (Å²) in [7, 11) is 0. The van der Waals surface area contributed by atoms with Crippen LogP contribution in [0.2, 0.25) is 0 Å². The van der Waals surface area contributed by atoms with Gasteiger partial charge in [-0.2, -0.15) is 0 Å². The summed E-state index contributed by atoms with van der Waals surface area (Å²) in [6, 6.07) is 14.1. The van der Waals surface area contributed by atoms with Crippen LogP contribution in [-0.4, -0.2) is 5.11 Å². The van der Waals surface area contributed by atoms with Crippen molar-refractivity contribution in [3.8, 4) is 0 Å². The smallest absolute Gasteiger partial charge is 0.108 e. The molecule has 0 saturated carbocycles. The van der Waals surface area contributed by atoms with E-state index < -0.39 is 6.10 Å². The lowest BCUT2D eigenvalue weighted by molar-refractivity contribution is 0.219. The minimum atomic E-state index is -0.648. The van der Waals surface area contributed by atoms with Gasteiger partial charge >= 0.3 is 0 Å². The van der Waals surface area contributed by atoms with Crippen LogP contribution in [0.4, 0.5) is 0 Å². The molecule has 2 heteroatoms. The number of benzene rings is 2. The van der Waals surface area contributed by atoms with E-state index in [9.17, 15) is 5.11 Å². The maximum atomic E-state index is 10.7. The SMILES string of the molecule is Cc1ccc2ccccc2c1C(O)c1ccoc1C. The Labute approximate surface area is 112 Å². The van der Waals surface area contributed by atoms with Crippen molar-refractivity contribution in [1.82, 2.24) is 0 Å². The van der Waals surface area contributed by atoms with Gasteiger partial charge in [-0.3, -0.25) is 0 Å². The fraction of sp³-hybridized carbons (Fsp3) is 0.176. The van der Waals surface area contributed by atoms with Crippen LogP contribution in [0.25, 0.3) is 10.8 Å². The maximum Gasteiger partial charge on any atom is 0.108 e. The van der Waals surface area contributed by atoms with Crippen LogP contribution < -0.4 is 0 Å². The summed E-state index contributed by atoms with van der Waals surface area (Å²) in [6.07, 6.45) is 0.971. The number of fused-ring (bicyclic) bond motifs is 1. The Morgan fingerprint density at radius 3 is 2.53 bits per heavy atom. The molecule has 3 rings (SSSR count). The molecule has 0 aliphatic heterocycles. The Morgan fingerprint density at radius 1 is 1.00 bits per heavy atom. The molecule has 0 saturated heterocycles. The van der Waals surface area contributed by atoms with E-state index in [1.807, 2.05) is 32.0 Å². The van der Waals surface area contributed by atoms with Crippen LogP contribution in [0.15, 0.2) is 53.1 Å². The van der Waals surface area contributed by atoms with E-state index in [0.29, 0.717) is 0 Å². The summed E-state index contributed by atoms with van der Waals surface area (Å²) >= 11 is 0. The number of aliphatic hydroxyl groups is 1. The van der Waals surface area contributed by atoms with Crippen LogP contribution in [0.1, 0.15) is 28.6 Å². The zero-order chi connectivity index (χ0) is 13.4. The van der Waals surface area contributed by atoms with E-state index in [2.05, 4.69) is 24.3 Å². The minimum Gasteiger partial charge on any atom is -0.469 e. The lowest BCUT2D eigenvalue weighted by Gasteiger charge is -2.16. The van der Waals surface area contributed by atoms with Gasteiger partial charge in [-0.05, 0) is 41.8 Å². The van der Waals surface area contributed by atoms with Gasteiger partial charge in [0.15, 0.2) is 0 Å². The molecule has 2 nitrogen and oxygen atoms in total. The molecule has 2 aromatic carbocycles. The summed E-state index contributed by atoms with van der Waals surface area (Å²) in [5.41, 5.74) is 2.88. The Balaban J connectivity index is 2.24. The molecule has 1 atom stereocenters. The highest BCUT2D eigenvalue weighted by molar-refractivity contribution is 5.87. The summed E-state index contributed by atoms with van der Waals surface area (Å²) in [6.45, 7) is 3.90. The third kappa shape index (κ3) is 1.94. The maximum absolute atomic E-state index is 10.7. The molecule has 0 spiro atoms. The zero-order valence-electron chi connectivity index (χ0n) is 11.1. The number of aryl methyl sites for hydroxylation is 2. The van der Waals surface area contributed by atoms with Gasteiger partial charge in [0, 0.05) is 5.56 Å². The van der Waals surface area contributed by atoms with E-state index in [-0.39, 0.29) is 0 Å². The third-order valence-electron chi connectivity index (χ3n) is 3.66. The molecule has 0 radical (unpaired) electrons. The van der Waals surface area contributed by atoms with Crippen molar-refractivity contribution in [3.05, 3.63) is 71.2 Å². The first kappa shape index (κ1) is 12.0. The van der Waals surface area contributed by atoms with Crippen LogP contribution >= 0.6 is 0 Å². The molecule has 0 aliphatic carbocycles. The third-order valence-corrected chi connectivity index (χ3v) is 3.66. The molecule has 1 N–H and O–H groups in total. The van der Waals surface area contributed by atoms with Gasteiger partial charge in [0.1, 0.15) is 11.9 Å². The van der Waals surface area contributed by atoms with Gasteiger partial charge in [0.05, 0.1) is 6.26 Å². The Hall–Kier alpha value is -2.06. The second-order valence-electron chi connectivity index (χ2n) is 4.85. The molecular formula is C17H16O2. The van der Waals surface area contributed by atoms with Crippen molar-refractivity contribution in [2.75, 3.05) is 0 Å². The van der Waals surface area contributed by atoms with E-state index >= 15 is 0 Å². The molecular weight excluding hydrogens is 236 g/mol. The van der Waals surface area contributed by atoms with Crippen molar-refractivity contribution in [2.45, 2.75) is 20.0 Å². The molecule has 1 heterocycles. The van der Waals surface area contributed by atoms with Crippen molar-refractivity contribution in [1.29, 1.82) is 0 Å². The first-order valence-electron chi connectivity index (χ1n) is 6.39. The molecule has 96 valence electrons. The highest BCUT2D eigenvalue weighted by atomic mass is 16.3. The molecule has 19 heavy (non-hydrogen) atoms. The van der Waals surface area contributed by atoms with Crippen LogP contribution in [0, 0.1) is 13.8 Å². The molecule has 0 aliphatic rings. The Kier molecular flexibility index (Phi) is 2.88. The van der Waals surface area contributed by atoms with Crippen molar-refractivity contribution < 1.29 is 9.52 Å². The summed E-state index contributed by atoms with van der Waals surface area (Å²) < 4.78 is 5.30. The normalized spacial score (nSPS) is 12.8. The fourth-order valence-electron chi connectivity index (χ4n) is 2.60. The van der Waals surface area contributed by atoms with E-state index in [0.717, 1.165) is 33.2 Å². The summed E-state index contributed by atoms with van der Waals surface area (Å²) in [4.78, 5) is 0. The highest BCUT2D eigenvalue weighted by Gasteiger charge is 2.19. The number of hydrogen-bond acceptors (Lipinski definition) is 2. The second-order valence-corrected chi connectivity index (χ2v) is 4.85. The van der Waals surface area contributed by atoms with Gasteiger partial charge in [-0.1, -0.05) is 36.4 Å². The Bertz CT molecular complexity index is 725. The summed E-state index contributed by atoms with van der Waals surface area (Å²) in [5, 5.41) is 12.9. The largest absolute Gasteiger partial charge is 0.469 e. The molecule has 0 amide bonds. The molecule has 0 fully saturated rings. The van der Waals surface area contributed by atoms with Gasteiger partial charge in [0.25, 0.3) is 0 Å². The number of aliphatic hydroxyl groups excluding tert-OH is 1. The Morgan fingerprint density at radius 2 is 1.79 bits per heavy atom. The van der Waals surface area contributed by atoms with Gasteiger partial charge in [-0.15, -0.1) is 0 Å². The lowest BCUT2D eigenvalue weighted by Crippen LogP contribution is -2.03. The van der Waals surface area contributed by atoms with Gasteiger partial charge in [-0.25, -0.2) is 0 Å². The molecule has 0 bridgehead atoms. The van der Waals surface area contributed by atoms with Gasteiger partial charge < -0.3 is 9.52 Å². The monoisotopic (exact) mass is 252 g/mol. The predicted octanol–water partition coefficient (Wildman–Crippen LogP) is 4.13. The van der Waals surface area contributed by atoms with E-state index in [1.54, 1.807) is 6.26 Å². The average molecular weight is 252 g/mol. The van der Waals surface area contributed by atoms with Crippen molar-refractivity contribution in [3.63, 3.8) is 0 Å². The van der Waals surface area contributed by atoms with Crippen LogP contribution in [0.3, 0.4) is 0 Å². The molecule has 1 unspecified atom stereocenters. The van der Waals surface area contributed by atoms with Crippen LogP contribution in [-0.2, 0) is 0 Å². The van der Waals surface area contributed by atoms with Gasteiger partial charge in [0.2, 0.25) is 0 Å². The number of rotatable bonds is 2. The lowest BCUT2D eigenvalue weighted by atomic mass is 9.92. The zero-order valence-corrected chi connectivity index (χ0v) is 11.1. The minimum absolute atomic E-state index is 0.648. The summed E-state index contributed by atoms with van der Waals surface area (Å²) in [5.74, 6) is 0.764. The quantitative estimate of drug-likeness (QED) is 0.744. The first-order chi connectivity index (χ1) is 9.18. The fourth-order valence-corrected chi connectivity index (χ4v) is 2.60. The average Bonchev–Trinajstić information content (AvgIpc) is 2.84. The number of hydrogen-bond donors (Lipinski definition) is 1. The van der Waals surface area contributed by atoms with Crippen molar-refractivity contribution in [2.24, 2.45) is 0 Å². The van der Waals surface area contributed by atoms with Crippen molar-refractivity contribution >= 4 is 10.8 Å². The predicted molar refractivity (Wildman–Crippen MR) is 76.2 cm³/mol. The second kappa shape index (κ2) is 4.56.